The van der Waals surface area contributed by atoms with E-state index in [1.165, 1.54) is 0 Å². The molecule has 0 saturated carbocycles. The molecule has 0 aliphatic rings. The first-order valence-electron chi connectivity index (χ1n) is 7.17. The Morgan fingerprint density at radius 2 is 1.95 bits per heavy atom. The molecule has 2 aromatic carbocycles. The summed E-state index contributed by atoms with van der Waals surface area (Å²) in [6.07, 6.45) is 0.362. The van der Waals surface area contributed by atoms with Gasteiger partial charge in [0.1, 0.15) is 0 Å². The second-order valence-corrected chi connectivity index (χ2v) is 6.32. The summed E-state index contributed by atoms with van der Waals surface area (Å²) >= 11 is 3.48. The van der Waals surface area contributed by atoms with Crippen LogP contribution in [0.3, 0.4) is 0 Å². The van der Waals surface area contributed by atoms with Crippen LogP contribution in [-0.4, -0.2) is 10.9 Å². The second-order valence-electron chi connectivity index (χ2n) is 5.46. The predicted octanol–water partition coefficient (Wildman–Crippen LogP) is 4.73. The van der Waals surface area contributed by atoms with Crippen molar-refractivity contribution in [3.05, 3.63) is 63.8 Å². The Balaban J connectivity index is 1.81. The molecule has 0 fully saturated rings. The molecule has 0 aliphatic heterocycles. The maximum Gasteiger partial charge on any atom is 0.228 e. The van der Waals surface area contributed by atoms with Crippen LogP contribution < -0.4 is 5.32 Å². The maximum absolute atomic E-state index is 12.3. The molecule has 3 rings (SSSR count). The number of hydrogen-bond donors (Lipinski definition) is 2. The summed E-state index contributed by atoms with van der Waals surface area (Å²) in [6, 6.07) is 13.9. The minimum Gasteiger partial charge on any atom is -0.358 e. The summed E-state index contributed by atoms with van der Waals surface area (Å²) < 4.78 is 0.994. The number of aromatic amines is 1. The third-order valence-electron chi connectivity index (χ3n) is 3.82. The molecule has 1 heterocycles. The molecule has 1 aromatic heterocycles. The Labute approximate surface area is 137 Å². The van der Waals surface area contributed by atoms with Gasteiger partial charge in [-0.15, -0.1) is 0 Å². The van der Waals surface area contributed by atoms with Gasteiger partial charge in [0.2, 0.25) is 5.91 Å². The smallest absolute Gasteiger partial charge is 0.228 e. The molecule has 0 unspecified atom stereocenters. The van der Waals surface area contributed by atoms with Crippen molar-refractivity contribution in [3.63, 3.8) is 0 Å². The summed E-state index contributed by atoms with van der Waals surface area (Å²) in [6.45, 7) is 4.02. The number of aromatic nitrogens is 1. The number of rotatable bonds is 3. The van der Waals surface area contributed by atoms with Gasteiger partial charge < -0.3 is 10.3 Å². The van der Waals surface area contributed by atoms with Crippen molar-refractivity contribution in [2.45, 2.75) is 20.3 Å². The summed E-state index contributed by atoms with van der Waals surface area (Å²) in [5, 5.41) is 4.07. The lowest BCUT2D eigenvalue weighted by Gasteiger charge is -2.07. The van der Waals surface area contributed by atoms with Gasteiger partial charge in [-0.3, -0.25) is 4.79 Å². The Bertz CT molecular complexity index is 851. The van der Waals surface area contributed by atoms with Gasteiger partial charge in [-0.25, -0.2) is 0 Å². The Hall–Kier alpha value is -2.07. The quantitative estimate of drug-likeness (QED) is 0.699. The van der Waals surface area contributed by atoms with Crippen molar-refractivity contribution in [1.29, 1.82) is 0 Å². The molecule has 4 heteroatoms. The van der Waals surface area contributed by atoms with E-state index >= 15 is 0 Å². The van der Waals surface area contributed by atoms with E-state index in [4.69, 9.17) is 0 Å². The minimum atomic E-state index is -0.0105. The van der Waals surface area contributed by atoms with E-state index in [1.54, 1.807) is 0 Å². The van der Waals surface area contributed by atoms with E-state index in [2.05, 4.69) is 26.2 Å². The van der Waals surface area contributed by atoms with Gasteiger partial charge in [-0.05, 0) is 43.2 Å². The van der Waals surface area contributed by atoms with Crippen LogP contribution >= 0.6 is 15.9 Å². The number of fused-ring (bicyclic) bond motifs is 1. The first kappa shape index (κ1) is 14.9. The van der Waals surface area contributed by atoms with E-state index < -0.39 is 0 Å². The monoisotopic (exact) mass is 356 g/mol. The van der Waals surface area contributed by atoms with Crippen LogP contribution in [0.4, 0.5) is 5.69 Å². The SMILES string of the molecule is Cc1ccc(NC(=O)Cc2c(C)[nH]c3ccccc23)cc1Br. The minimum absolute atomic E-state index is 0.0105. The van der Waals surface area contributed by atoms with Crippen LogP contribution in [0.5, 0.6) is 0 Å². The summed E-state index contributed by atoms with van der Waals surface area (Å²) in [7, 11) is 0. The van der Waals surface area contributed by atoms with Gasteiger partial charge in [0.25, 0.3) is 0 Å². The number of carbonyl (C=O) groups excluding carboxylic acids is 1. The second kappa shape index (κ2) is 5.97. The van der Waals surface area contributed by atoms with Crippen molar-refractivity contribution < 1.29 is 4.79 Å². The van der Waals surface area contributed by atoms with Gasteiger partial charge >= 0.3 is 0 Å². The van der Waals surface area contributed by atoms with Crippen molar-refractivity contribution in [2.24, 2.45) is 0 Å². The first-order valence-corrected chi connectivity index (χ1v) is 7.96. The maximum atomic E-state index is 12.3. The molecule has 2 N–H and O–H groups in total. The predicted molar refractivity (Wildman–Crippen MR) is 94.2 cm³/mol. The van der Waals surface area contributed by atoms with Crippen LogP contribution in [0.25, 0.3) is 10.9 Å². The zero-order chi connectivity index (χ0) is 15.7. The van der Waals surface area contributed by atoms with E-state index in [-0.39, 0.29) is 5.91 Å². The van der Waals surface area contributed by atoms with E-state index in [1.807, 2.05) is 56.3 Å². The highest BCUT2D eigenvalue weighted by Gasteiger charge is 2.12. The molecule has 0 aliphatic carbocycles. The van der Waals surface area contributed by atoms with Gasteiger partial charge in [0, 0.05) is 26.8 Å². The number of halogens is 1. The number of hydrogen-bond acceptors (Lipinski definition) is 1. The van der Waals surface area contributed by atoms with Gasteiger partial charge in [0.05, 0.1) is 6.42 Å². The van der Waals surface area contributed by atoms with Gasteiger partial charge in [-0.1, -0.05) is 40.2 Å². The molecular formula is C18H17BrN2O. The highest BCUT2D eigenvalue weighted by atomic mass is 79.9. The Kier molecular flexibility index (Phi) is 4.03. The molecule has 0 saturated heterocycles. The third kappa shape index (κ3) is 2.92. The van der Waals surface area contributed by atoms with Crippen LogP contribution in [0, 0.1) is 13.8 Å². The van der Waals surface area contributed by atoms with Crippen LogP contribution in [0.1, 0.15) is 16.8 Å². The molecule has 3 aromatic rings. The fraction of sp³-hybridized carbons (Fsp3) is 0.167. The average molecular weight is 357 g/mol. The number of carbonyl (C=O) groups is 1. The molecule has 0 atom stereocenters. The zero-order valence-electron chi connectivity index (χ0n) is 12.5. The topological polar surface area (TPSA) is 44.9 Å². The first-order chi connectivity index (χ1) is 10.5. The van der Waals surface area contributed by atoms with E-state index in [9.17, 15) is 4.79 Å². The molecule has 0 bridgehead atoms. The lowest BCUT2D eigenvalue weighted by molar-refractivity contribution is -0.115. The normalized spacial score (nSPS) is 10.9. The lowest BCUT2D eigenvalue weighted by atomic mass is 10.1. The highest BCUT2D eigenvalue weighted by Crippen LogP contribution is 2.24. The Morgan fingerprint density at radius 3 is 2.73 bits per heavy atom. The van der Waals surface area contributed by atoms with Gasteiger partial charge in [0.15, 0.2) is 0 Å². The van der Waals surface area contributed by atoms with Crippen molar-refractivity contribution in [3.8, 4) is 0 Å². The molecular weight excluding hydrogens is 340 g/mol. The molecule has 3 nitrogen and oxygen atoms in total. The number of H-pyrrole nitrogens is 1. The van der Waals surface area contributed by atoms with Gasteiger partial charge in [-0.2, -0.15) is 0 Å². The fourth-order valence-corrected chi connectivity index (χ4v) is 2.98. The zero-order valence-corrected chi connectivity index (χ0v) is 14.1. The van der Waals surface area contributed by atoms with E-state index in [0.717, 1.165) is 37.9 Å². The number of amides is 1. The lowest BCUT2D eigenvalue weighted by Crippen LogP contribution is -2.14. The van der Waals surface area contributed by atoms with Crippen LogP contribution in [0.15, 0.2) is 46.9 Å². The Morgan fingerprint density at radius 1 is 1.18 bits per heavy atom. The summed E-state index contributed by atoms with van der Waals surface area (Å²) in [5.74, 6) is -0.0105. The van der Waals surface area contributed by atoms with Crippen LogP contribution in [0.2, 0.25) is 0 Å². The molecule has 0 radical (unpaired) electrons. The number of nitrogens with one attached hydrogen (secondary N) is 2. The number of benzene rings is 2. The standard InChI is InChI=1S/C18H17BrN2O/c1-11-7-8-13(9-16(11)19)21-18(22)10-15-12(2)20-17-6-4-3-5-14(15)17/h3-9,20H,10H2,1-2H3,(H,21,22). The molecule has 112 valence electrons. The van der Waals surface area contributed by atoms with Crippen LogP contribution in [-0.2, 0) is 11.2 Å². The summed E-state index contributed by atoms with van der Waals surface area (Å²) in [4.78, 5) is 15.7. The van der Waals surface area contributed by atoms with Crippen molar-refractivity contribution >= 4 is 38.4 Å². The van der Waals surface area contributed by atoms with Crippen molar-refractivity contribution in [2.75, 3.05) is 5.32 Å². The number of anilines is 1. The largest absolute Gasteiger partial charge is 0.358 e. The third-order valence-corrected chi connectivity index (χ3v) is 4.67. The number of para-hydroxylation sites is 1. The molecule has 1 amide bonds. The molecule has 0 spiro atoms. The van der Waals surface area contributed by atoms with Crippen molar-refractivity contribution in [1.82, 2.24) is 4.98 Å². The molecule has 22 heavy (non-hydrogen) atoms. The number of aryl methyl sites for hydroxylation is 2. The summed E-state index contributed by atoms with van der Waals surface area (Å²) in [5.41, 5.74) is 5.12. The van der Waals surface area contributed by atoms with E-state index in [0.29, 0.717) is 6.42 Å². The fourth-order valence-electron chi connectivity index (χ4n) is 2.60. The highest BCUT2D eigenvalue weighted by molar-refractivity contribution is 9.10. The average Bonchev–Trinajstić information content (AvgIpc) is 2.79.